The number of aromatic amines is 1. The van der Waals surface area contributed by atoms with Crippen LogP contribution in [0, 0.1) is 11.8 Å². The van der Waals surface area contributed by atoms with Crippen LogP contribution < -0.4 is 16.0 Å². The van der Waals surface area contributed by atoms with Gasteiger partial charge < -0.3 is 20.9 Å². The first-order chi connectivity index (χ1) is 19.5. The topological polar surface area (TPSA) is 112 Å². The molecule has 41 heavy (non-hydrogen) atoms. The molecular formula is C29H26F4N6O2. The minimum atomic E-state index is -2.78. The van der Waals surface area contributed by atoms with Crippen molar-refractivity contribution in [3.8, 4) is 11.3 Å². The van der Waals surface area contributed by atoms with Crippen molar-refractivity contribution in [2.45, 2.75) is 44.6 Å². The van der Waals surface area contributed by atoms with E-state index in [9.17, 15) is 27.2 Å². The highest BCUT2D eigenvalue weighted by molar-refractivity contribution is 6.06. The first kappa shape index (κ1) is 27.8. The van der Waals surface area contributed by atoms with Gasteiger partial charge in [0.25, 0.3) is 5.91 Å². The summed E-state index contributed by atoms with van der Waals surface area (Å²) in [5.74, 6) is -3.35. The summed E-state index contributed by atoms with van der Waals surface area (Å²) in [5, 5.41) is 8.57. The Morgan fingerprint density at radius 3 is 2.54 bits per heavy atom. The Labute approximate surface area is 232 Å². The van der Waals surface area contributed by atoms with Gasteiger partial charge in [-0.1, -0.05) is 18.2 Å². The predicted molar refractivity (Wildman–Crippen MR) is 145 cm³/mol. The molecule has 12 heteroatoms. The zero-order valence-electron chi connectivity index (χ0n) is 22.1. The van der Waals surface area contributed by atoms with Crippen molar-refractivity contribution in [1.29, 1.82) is 0 Å². The average Bonchev–Trinajstić information content (AvgIpc) is 3.25. The number of alkyl halides is 2. The third-order valence-electron chi connectivity index (χ3n) is 6.65. The monoisotopic (exact) mass is 566 g/mol. The van der Waals surface area contributed by atoms with Gasteiger partial charge in [0.2, 0.25) is 18.3 Å². The third kappa shape index (κ3) is 6.21. The second kappa shape index (κ2) is 11.0. The Bertz CT molecular complexity index is 1600. The molecule has 0 radical (unpaired) electrons. The number of benzene rings is 1. The average molecular weight is 567 g/mol. The SMILES string of the molecule is CC1(C)Cc2[nH]c(-c3ccnc(NC(=O)C(CC(F)F)c4ccc(F)cc4)c3)c(Nc3cccc(F)n3)c2C(=O)N1. The van der Waals surface area contributed by atoms with E-state index in [-0.39, 0.29) is 23.1 Å². The van der Waals surface area contributed by atoms with Gasteiger partial charge in [-0.05, 0) is 55.8 Å². The number of fused-ring (bicyclic) bond motifs is 1. The second-order valence-corrected chi connectivity index (χ2v) is 10.4. The Balaban J connectivity index is 1.51. The molecule has 4 heterocycles. The summed E-state index contributed by atoms with van der Waals surface area (Å²) in [5.41, 5.74) is 1.98. The van der Waals surface area contributed by atoms with Crippen LogP contribution in [-0.2, 0) is 11.2 Å². The number of amides is 2. The third-order valence-corrected chi connectivity index (χ3v) is 6.65. The van der Waals surface area contributed by atoms with Crippen LogP contribution in [0.15, 0.2) is 60.8 Å². The highest BCUT2D eigenvalue weighted by Crippen LogP contribution is 2.39. The van der Waals surface area contributed by atoms with Crippen molar-refractivity contribution < 1.29 is 27.2 Å². The molecule has 1 unspecified atom stereocenters. The van der Waals surface area contributed by atoms with Crippen LogP contribution >= 0.6 is 0 Å². The summed E-state index contributed by atoms with van der Waals surface area (Å²) < 4.78 is 53.9. The van der Waals surface area contributed by atoms with Gasteiger partial charge in [0.15, 0.2) is 0 Å². The molecule has 4 N–H and O–H groups in total. The molecule has 0 fully saturated rings. The maximum absolute atomic E-state index is 13.8. The molecular weight excluding hydrogens is 540 g/mol. The number of H-pyrrole nitrogens is 1. The number of aromatic nitrogens is 3. The van der Waals surface area contributed by atoms with Gasteiger partial charge in [-0.15, -0.1) is 0 Å². The number of pyridine rings is 2. The maximum atomic E-state index is 13.8. The Kier molecular flexibility index (Phi) is 7.48. The highest BCUT2D eigenvalue weighted by Gasteiger charge is 2.35. The Hall–Kier alpha value is -4.74. The van der Waals surface area contributed by atoms with E-state index >= 15 is 0 Å². The molecule has 0 saturated heterocycles. The number of halogens is 4. The lowest BCUT2D eigenvalue weighted by Crippen LogP contribution is -2.49. The zero-order valence-corrected chi connectivity index (χ0v) is 22.1. The Morgan fingerprint density at radius 2 is 1.83 bits per heavy atom. The van der Waals surface area contributed by atoms with E-state index in [2.05, 4.69) is 30.9 Å². The molecule has 1 aliphatic rings. The number of hydrogen-bond donors (Lipinski definition) is 4. The van der Waals surface area contributed by atoms with Gasteiger partial charge in [0.05, 0.1) is 22.9 Å². The fraction of sp³-hybridized carbons (Fsp3) is 0.241. The van der Waals surface area contributed by atoms with Gasteiger partial charge in [-0.2, -0.15) is 4.39 Å². The number of anilines is 3. The van der Waals surface area contributed by atoms with E-state index in [0.29, 0.717) is 34.6 Å². The molecule has 1 atom stereocenters. The van der Waals surface area contributed by atoms with E-state index in [4.69, 9.17) is 0 Å². The molecule has 2 amide bonds. The van der Waals surface area contributed by atoms with Crippen molar-refractivity contribution in [1.82, 2.24) is 20.3 Å². The highest BCUT2D eigenvalue weighted by atomic mass is 19.3. The van der Waals surface area contributed by atoms with Crippen LogP contribution in [0.3, 0.4) is 0 Å². The van der Waals surface area contributed by atoms with Crippen molar-refractivity contribution >= 4 is 29.1 Å². The molecule has 0 aliphatic carbocycles. The summed E-state index contributed by atoms with van der Waals surface area (Å²) >= 11 is 0. The van der Waals surface area contributed by atoms with Crippen LogP contribution in [0.4, 0.5) is 34.9 Å². The van der Waals surface area contributed by atoms with Crippen molar-refractivity contribution in [2.75, 3.05) is 10.6 Å². The fourth-order valence-corrected chi connectivity index (χ4v) is 4.87. The fourth-order valence-electron chi connectivity index (χ4n) is 4.87. The minimum absolute atomic E-state index is 0.0704. The number of carbonyl (C=O) groups excluding carboxylic acids is 2. The van der Waals surface area contributed by atoms with E-state index in [1.54, 1.807) is 12.1 Å². The summed E-state index contributed by atoms with van der Waals surface area (Å²) in [6, 6.07) is 12.2. The quantitative estimate of drug-likeness (QED) is 0.156. The number of nitrogens with zero attached hydrogens (tertiary/aromatic N) is 2. The molecule has 212 valence electrons. The van der Waals surface area contributed by atoms with Crippen molar-refractivity contribution in [2.24, 2.45) is 0 Å². The predicted octanol–water partition coefficient (Wildman–Crippen LogP) is 5.94. The molecule has 8 nitrogen and oxygen atoms in total. The molecule has 5 rings (SSSR count). The summed E-state index contributed by atoms with van der Waals surface area (Å²) in [7, 11) is 0. The number of rotatable bonds is 8. The molecule has 0 saturated carbocycles. The van der Waals surface area contributed by atoms with Crippen LogP contribution in [0.25, 0.3) is 11.3 Å². The molecule has 3 aromatic heterocycles. The van der Waals surface area contributed by atoms with Crippen molar-refractivity contribution in [3.05, 3.63) is 89.4 Å². The van der Waals surface area contributed by atoms with Crippen LogP contribution in [0.2, 0.25) is 0 Å². The molecule has 0 spiro atoms. The van der Waals surface area contributed by atoms with Gasteiger partial charge in [-0.3, -0.25) is 9.59 Å². The Morgan fingerprint density at radius 1 is 1.07 bits per heavy atom. The van der Waals surface area contributed by atoms with Crippen LogP contribution in [-0.4, -0.2) is 38.7 Å². The van der Waals surface area contributed by atoms with E-state index in [0.717, 1.165) is 12.1 Å². The molecule has 1 aliphatic heterocycles. The minimum Gasteiger partial charge on any atom is -0.356 e. The number of carbonyl (C=O) groups is 2. The smallest absolute Gasteiger partial charge is 0.255 e. The van der Waals surface area contributed by atoms with Crippen LogP contribution in [0.1, 0.15) is 47.8 Å². The summed E-state index contributed by atoms with van der Waals surface area (Å²) in [6.45, 7) is 3.76. The van der Waals surface area contributed by atoms with Crippen LogP contribution in [0.5, 0.6) is 0 Å². The molecule has 0 bridgehead atoms. The summed E-state index contributed by atoms with van der Waals surface area (Å²) in [6.07, 6.45) is -1.65. The maximum Gasteiger partial charge on any atom is 0.255 e. The summed E-state index contributed by atoms with van der Waals surface area (Å²) in [4.78, 5) is 37.5. The lowest BCUT2D eigenvalue weighted by molar-refractivity contribution is -0.118. The standard InChI is InChI=1S/C29H26F4N6O2/c1-29(2)14-19-24(28(41)39-29)26(37-22-5-3-4-21(33)36-22)25(35-19)16-10-11-34-23(12-16)38-27(40)18(13-20(31)32)15-6-8-17(30)9-7-15/h3-12,18,20,35H,13-14H2,1-2H3,(H,36,37)(H,39,41)(H,34,38,40). The van der Waals surface area contributed by atoms with Gasteiger partial charge in [0.1, 0.15) is 17.5 Å². The lowest BCUT2D eigenvalue weighted by atomic mass is 9.91. The van der Waals surface area contributed by atoms with Gasteiger partial charge in [0, 0.05) is 35.8 Å². The first-order valence-electron chi connectivity index (χ1n) is 12.8. The largest absolute Gasteiger partial charge is 0.356 e. The normalized spacial score (nSPS) is 14.8. The van der Waals surface area contributed by atoms with E-state index in [1.807, 2.05) is 13.8 Å². The molecule has 1 aromatic carbocycles. The van der Waals surface area contributed by atoms with Crippen molar-refractivity contribution in [3.63, 3.8) is 0 Å². The van der Waals surface area contributed by atoms with Gasteiger partial charge >= 0.3 is 0 Å². The van der Waals surface area contributed by atoms with E-state index < -0.39 is 42.0 Å². The first-order valence-corrected chi connectivity index (χ1v) is 12.8. The second-order valence-electron chi connectivity index (χ2n) is 10.4. The molecule has 4 aromatic rings. The zero-order chi connectivity index (χ0) is 29.3. The number of nitrogens with one attached hydrogen (secondary N) is 4. The van der Waals surface area contributed by atoms with Gasteiger partial charge in [-0.25, -0.2) is 23.1 Å². The number of hydrogen-bond acceptors (Lipinski definition) is 5. The van der Waals surface area contributed by atoms with E-state index in [1.165, 1.54) is 36.5 Å². The lowest BCUT2D eigenvalue weighted by Gasteiger charge is -2.30.